The van der Waals surface area contributed by atoms with Crippen molar-refractivity contribution in [3.8, 4) is 0 Å². The first kappa shape index (κ1) is 27.5. The number of anilines is 2. The minimum absolute atomic E-state index is 0.0356. The molecule has 3 unspecified atom stereocenters. The minimum atomic E-state index is -0.837. The van der Waals surface area contributed by atoms with Gasteiger partial charge in [0.1, 0.15) is 6.04 Å². The van der Waals surface area contributed by atoms with Gasteiger partial charge in [-0.3, -0.25) is 14.4 Å². The van der Waals surface area contributed by atoms with Crippen molar-refractivity contribution in [2.75, 3.05) is 17.2 Å². The smallest absolute Gasteiger partial charge is 0.248 e. The van der Waals surface area contributed by atoms with Crippen LogP contribution in [0.1, 0.15) is 26.7 Å². The number of aliphatic hydroxyl groups excluding tert-OH is 1. The van der Waals surface area contributed by atoms with Crippen molar-refractivity contribution < 1.29 is 19.5 Å². The van der Waals surface area contributed by atoms with Crippen molar-refractivity contribution >= 4 is 68.4 Å². The Labute approximate surface area is 240 Å². The third kappa shape index (κ3) is 4.76. The number of rotatable bonds is 8. The van der Waals surface area contributed by atoms with Crippen molar-refractivity contribution in [2.45, 2.75) is 53.6 Å². The van der Waals surface area contributed by atoms with E-state index < -0.39 is 28.7 Å². The van der Waals surface area contributed by atoms with E-state index in [1.54, 1.807) is 40.9 Å². The zero-order chi connectivity index (χ0) is 27.2. The molecule has 3 fully saturated rings. The van der Waals surface area contributed by atoms with Gasteiger partial charge >= 0.3 is 0 Å². The van der Waals surface area contributed by atoms with Gasteiger partial charge in [0, 0.05) is 26.5 Å². The van der Waals surface area contributed by atoms with Gasteiger partial charge in [0.25, 0.3) is 0 Å². The van der Waals surface area contributed by atoms with Crippen LogP contribution in [-0.4, -0.2) is 61.2 Å². The van der Waals surface area contributed by atoms with Crippen LogP contribution in [0.3, 0.4) is 0 Å². The molecule has 10 heteroatoms. The largest absolute Gasteiger partial charge is 0.394 e. The Morgan fingerprint density at radius 1 is 1.11 bits per heavy atom. The first-order valence-electron chi connectivity index (χ1n) is 12.8. The lowest BCUT2D eigenvalue weighted by molar-refractivity contribution is -0.141. The predicted octanol–water partition coefficient (Wildman–Crippen LogP) is 4.79. The molecular formula is C28H31BrClN3O4S. The molecule has 0 aromatic heterocycles. The van der Waals surface area contributed by atoms with Gasteiger partial charge < -0.3 is 20.6 Å². The molecule has 3 aliphatic heterocycles. The molecule has 3 heterocycles. The lowest BCUT2D eigenvalue weighted by Crippen LogP contribution is -2.55. The topological polar surface area (TPSA) is 98.7 Å². The average molecular weight is 621 g/mol. The number of likely N-dealkylation sites (tertiary alicyclic amines) is 1. The number of halogens is 2. The van der Waals surface area contributed by atoms with Crippen LogP contribution in [0.15, 0.2) is 54.6 Å². The highest BCUT2D eigenvalue weighted by atomic mass is 79.9. The van der Waals surface area contributed by atoms with Gasteiger partial charge in [-0.15, -0.1) is 11.8 Å². The summed E-state index contributed by atoms with van der Waals surface area (Å²) in [7, 11) is 0. The second-order valence-corrected chi connectivity index (χ2v) is 13.9. The molecule has 3 aliphatic rings. The van der Waals surface area contributed by atoms with E-state index in [-0.39, 0.29) is 40.3 Å². The normalized spacial score (nSPS) is 30.4. The van der Waals surface area contributed by atoms with E-state index in [9.17, 15) is 19.5 Å². The van der Waals surface area contributed by atoms with Crippen LogP contribution in [0, 0.1) is 17.8 Å². The predicted molar refractivity (Wildman–Crippen MR) is 155 cm³/mol. The molecule has 7 nitrogen and oxygen atoms in total. The van der Waals surface area contributed by atoms with Crippen LogP contribution >= 0.6 is 39.3 Å². The Morgan fingerprint density at radius 2 is 1.74 bits per heavy atom. The molecule has 0 saturated carbocycles. The Hall–Kier alpha value is -2.07. The number of hydrogen-bond donors (Lipinski definition) is 3. The van der Waals surface area contributed by atoms with Crippen molar-refractivity contribution in [3.63, 3.8) is 0 Å². The van der Waals surface area contributed by atoms with Gasteiger partial charge in [-0.25, -0.2) is 0 Å². The Kier molecular flexibility index (Phi) is 7.84. The quantitative estimate of drug-likeness (QED) is 0.369. The average Bonchev–Trinajstić information content (AvgIpc) is 3.47. The SMILES string of the molecule is CC(C)C[C@H](CO)N1C(=O)[C@@H]2[C@H](C(=O)Nc3ccccc3)[C@H]3SC2(CC3Br)C1C(=O)Nc1ccc(Cl)cc1. The van der Waals surface area contributed by atoms with E-state index in [1.807, 2.05) is 44.2 Å². The number of amides is 3. The molecule has 0 radical (unpaired) electrons. The van der Waals surface area contributed by atoms with Gasteiger partial charge in [-0.05, 0) is 55.2 Å². The number of alkyl halides is 1. The number of carbonyl (C=O) groups is 3. The first-order valence-corrected chi connectivity index (χ1v) is 15.0. The van der Waals surface area contributed by atoms with Crippen LogP contribution in [0.2, 0.25) is 5.02 Å². The summed E-state index contributed by atoms with van der Waals surface area (Å²) in [5.41, 5.74) is 1.24. The number of benzene rings is 2. The standard InChI is InChI=1S/C28H31BrClN3O4S/c1-15(2)12-19(14-34)33-24(26(36)32-18-10-8-16(30)9-11-18)28-13-20(29)23(38-28)21(22(28)27(33)37)25(35)31-17-6-4-3-5-7-17/h3-11,15,19-24,34H,12-14H2,1-2H3,(H,31,35)(H,32,36)/t19-,20?,21+,22+,23+,24?,28?/m1/s1. The van der Waals surface area contributed by atoms with Crippen LogP contribution in [0.4, 0.5) is 11.4 Å². The summed E-state index contributed by atoms with van der Waals surface area (Å²) in [6.45, 7) is 3.79. The van der Waals surface area contributed by atoms with Crippen molar-refractivity contribution in [2.24, 2.45) is 17.8 Å². The molecule has 202 valence electrons. The number of fused-ring (bicyclic) bond motifs is 1. The van der Waals surface area contributed by atoms with Gasteiger partial charge in [-0.1, -0.05) is 59.6 Å². The summed E-state index contributed by atoms with van der Waals surface area (Å²) in [6, 6.07) is 14.6. The second kappa shape index (κ2) is 10.8. The van der Waals surface area contributed by atoms with Gasteiger partial charge in [-0.2, -0.15) is 0 Å². The molecule has 2 aromatic carbocycles. The fraction of sp³-hybridized carbons (Fsp3) is 0.464. The maximum absolute atomic E-state index is 14.2. The summed E-state index contributed by atoms with van der Waals surface area (Å²) in [5.74, 6) is -1.85. The fourth-order valence-corrected chi connectivity index (χ4v) is 10.1. The highest BCUT2D eigenvalue weighted by Crippen LogP contribution is 2.68. The summed E-state index contributed by atoms with van der Waals surface area (Å²) >= 11 is 11.4. The van der Waals surface area contributed by atoms with E-state index in [0.717, 1.165) is 0 Å². The van der Waals surface area contributed by atoms with Crippen molar-refractivity contribution in [1.29, 1.82) is 0 Å². The molecule has 0 aliphatic carbocycles. The number of nitrogens with zero attached hydrogens (tertiary/aromatic N) is 1. The van der Waals surface area contributed by atoms with Gasteiger partial charge in [0.2, 0.25) is 17.7 Å². The summed E-state index contributed by atoms with van der Waals surface area (Å²) in [6.07, 6.45) is 1.12. The number of para-hydroxylation sites is 1. The minimum Gasteiger partial charge on any atom is -0.394 e. The van der Waals surface area contributed by atoms with E-state index in [4.69, 9.17) is 11.6 Å². The molecule has 38 heavy (non-hydrogen) atoms. The number of nitrogens with one attached hydrogen (secondary N) is 2. The highest BCUT2D eigenvalue weighted by Gasteiger charge is 2.76. The van der Waals surface area contributed by atoms with Crippen molar-refractivity contribution in [1.82, 2.24) is 4.90 Å². The molecule has 7 atom stereocenters. The molecule has 3 N–H and O–H groups in total. The van der Waals surface area contributed by atoms with Crippen LogP contribution < -0.4 is 10.6 Å². The molecule has 3 saturated heterocycles. The zero-order valence-electron chi connectivity index (χ0n) is 21.1. The molecule has 2 bridgehead atoms. The maximum atomic E-state index is 14.2. The molecule has 2 aromatic rings. The van der Waals surface area contributed by atoms with E-state index in [2.05, 4.69) is 26.6 Å². The second-order valence-electron chi connectivity index (χ2n) is 10.7. The van der Waals surface area contributed by atoms with Crippen LogP contribution in [0.25, 0.3) is 0 Å². The maximum Gasteiger partial charge on any atom is 0.248 e. The molecule has 3 amide bonds. The fourth-order valence-electron chi connectivity index (χ4n) is 6.37. The van der Waals surface area contributed by atoms with E-state index in [0.29, 0.717) is 29.2 Å². The zero-order valence-corrected chi connectivity index (χ0v) is 24.3. The third-order valence-corrected chi connectivity index (χ3v) is 11.3. The molecule has 1 spiro atoms. The third-order valence-electron chi connectivity index (χ3n) is 7.78. The number of thioether (sulfide) groups is 1. The van der Waals surface area contributed by atoms with Gasteiger partial charge in [0.15, 0.2) is 0 Å². The molecule has 5 rings (SSSR count). The van der Waals surface area contributed by atoms with E-state index >= 15 is 0 Å². The summed E-state index contributed by atoms with van der Waals surface area (Å²) < 4.78 is -0.796. The Morgan fingerprint density at radius 3 is 2.37 bits per heavy atom. The lowest BCUT2D eigenvalue weighted by atomic mass is 9.70. The van der Waals surface area contributed by atoms with Crippen molar-refractivity contribution in [3.05, 3.63) is 59.6 Å². The number of aliphatic hydroxyl groups is 1. The summed E-state index contributed by atoms with van der Waals surface area (Å²) in [4.78, 5) is 43.5. The molecular weight excluding hydrogens is 590 g/mol. The monoisotopic (exact) mass is 619 g/mol. The highest BCUT2D eigenvalue weighted by molar-refractivity contribution is 9.09. The van der Waals surface area contributed by atoms with E-state index in [1.165, 1.54) is 0 Å². The Bertz CT molecular complexity index is 1220. The lowest BCUT2D eigenvalue weighted by Gasteiger charge is -2.37. The summed E-state index contributed by atoms with van der Waals surface area (Å²) in [5, 5.41) is 16.8. The van der Waals surface area contributed by atoms with Crippen LogP contribution in [0.5, 0.6) is 0 Å². The number of carbonyl (C=O) groups excluding carboxylic acids is 3. The van der Waals surface area contributed by atoms with Crippen LogP contribution in [-0.2, 0) is 14.4 Å². The first-order chi connectivity index (χ1) is 18.2. The Balaban J connectivity index is 1.53. The number of hydrogen-bond acceptors (Lipinski definition) is 5. The van der Waals surface area contributed by atoms with Gasteiger partial charge in [0.05, 0.1) is 29.2 Å².